The van der Waals surface area contributed by atoms with Crippen molar-refractivity contribution in [3.05, 3.63) is 65.5 Å². The molecule has 0 aliphatic carbocycles. The molecule has 2 N–H and O–H groups in total. The minimum absolute atomic E-state index is 0.354. The van der Waals surface area contributed by atoms with Crippen LogP contribution in [-0.4, -0.2) is 11.1 Å². The first-order valence-corrected chi connectivity index (χ1v) is 5.88. The van der Waals surface area contributed by atoms with E-state index in [4.69, 9.17) is 0 Å². The van der Waals surface area contributed by atoms with Gasteiger partial charge in [0.05, 0.1) is 0 Å². The molecule has 0 fully saturated rings. The number of benzene rings is 2. The lowest BCUT2D eigenvalue weighted by Crippen LogP contribution is -2.20. The quantitative estimate of drug-likeness (QED) is 0.885. The number of halogens is 1. The summed E-state index contributed by atoms with van der Waals surface area (Å²) in [5, 5.41) is 12.2. The molecular weight excluding hydrogens is 245 g/mol. The molecule has 2 aromatic carbocycles. The molecule has 0 spiro atoms. The predicted octanol–water partition coefficient (Wildman–Crippen LogP) is 3.37. The van der Waals surface area contributed by atoms with Gasteiger partial charge in [-0.15, -0.1) is 0 Å². The largest absolute Gasteiger partial charge is 0.479 e. The van der Waals surface area contributed by atoms with Crippen molar-refractivity contribution in [3.8, 4) is 0 Å². The monoisotopic (exact) mass is 259 g/mol. The van der Waals surface area contributed by atoms with Crippen LogP contribution in [0.1, 0.15) is 17.2 Å². The molecule has 2 rings (SSSR count). The van der Waals surface area contributed by atoms with E-state index in [2.05, 4.69) is 5.32 Å². The maximum absolute atomic E-state index is 12.8. The Kier molecular flexibility index (Phi) is 3.80. The van der Waals surface area contributed by atoms with Crippen LogP contribution in [0.25, 0.3) is 0 Å². The van der Waals surface area contributed by atoms with Crippen LogP contribution in [-0.2, 0) is 4.79 Å². The fourth-order valence-electron chi connectivity index (χ4n) is 1.76. The van der Waals surface area contributed by atoms with Crippen molar-refractivity contribution in [1.29, 1.82) is 0 Å². The van der Waals surface area contributed by atoms with Gasteiger partial charge in [-0.1, -0.05) is 29.8 Å². The van der Waals surface area contributed by atoms with E-state index < -0.39 is 12.0 Å². The molecule has 0 bridgehead atoms. The highest BCUT2D eigenvalue weighted by molar-refractivity contribution is 5.79. The molecule has 3 nitrogen and oxygen atoms in total. The lowest BCUT2D eigenvalue weighted by molar-refractivity contribution is -0.138. The molecule has 0 heterocycles. The number of anilines is 1. The molecule has 19 heavy (non-hydrogen) atoms. The Hall–Kier alpha value is -2.36. The van der Waals surface area contributed by atoms with E-state index in [1.165, 1.54) is 24.3 Å². The topological polar surface area (TPSA) is 49.3 Å². The number of rotatable bonds is 4. The summed E-state index contributed by atoms with van der Waals surface area (Å²) in [5.74, 6) is -1.33. The number of carboxylic acids is 1. The van der Waals surface area contributed by atoms with E-state index in [0.29, 0.717) is 11.3 Å². The number of aliphatic carboxylic acids is 1. The minimum Gasteiger partial charge on any atom is -0.479 e. The lowest BCUT2D eigenvalue weighted by atomic mass is 10.0. The van der Waals surface area contributed by atoms with Crippen LogP contribution in [0, 0.1) is 12.7 Å². The third-order valence-electron chi connectivity index (χ3n) is 2.81. The van der Waals surface area contributed by atoms with E-state index in [0.717, 1.165) is 5.56 Å². The summed E-state index contributed by atoms with van der Waals surface area (Å²) in [6, 6.07) is 12.0. The zero-order chi connectivity index (χ0) is 13.8. The van der Waals surface area contributed by atoms with Crippen molar-refractivity contribution in [3.63, 3.8) is 0 Å². The van der Waals surface area contributed by atoms with Crippen LogP contribution in [0.4, 0.5) is 10.1 Å². The third-order valence-corrected chi connectivity index (χ3v) is 2.81. The van der Waals surface area contributed by atoms with Crippen LogP contribution in [0.2, 0.25) is 0 Å². The summed E-state index contributed by atoms with van der Waals surface area (Å²) in [7, 11) is 0. The van der Waals surface area contributed by atoms with Gasteiger partial charge < -0.3 is 10.4 Å². The smallest absolute Gasteiger partial charge is 0.330 e. The van der Waals surface area contributed by atoms with Gasteiger partial charge in [-0.2, -0.15) is 0 Å². The number of aryl methyl sites for hydroxylation is 1. The molecule has 98 valence electrons. The van der Waals surface area contributed by atoms with Gasteiger partial charge in [-0.05, 0) is 36.8 Å². The Labute approximate surface area is 110 Å². The van der Waals surface area contributed by atoms with Crippen molar-refractivity contribution in [2.75, 3.05) is 5.32 Å². The summed E-state index contributed by atoms with van der Waals surface area (Å²) >= 11 is 0. The molecule has 0 aliphatic rings. The van der Waals surface area contributed by atoms with E-state index >= 15 is 0 Å². The van der Waals surface area contributed by atoms with Gasteiger partial charge >= 0.3 is 5.97 Å². The van der Waals surface area contributed by atoms with Crippen molar-refractivity contribution < 1.29 is 14.3 Å². The molecule has 0 amide bonds. The van der Waals surface area contributed by atoms with Gasteiger partial charge in [0, 0.05) is 5.69 Å². The van der Waals surface area contributed by atoms with E-state index in [9.17, 15) is 14.3 Å². The van der Waals surface area contributed by atoms with Gasteiger partial charge in [-0.25, -0.2) is 9.18 Å². The van der Waals surface area contributed by atoms with Crippen molar-refractivity contribution >= 4 is 11.7 Å². The van der Waals surface area contributed by atoms with E-state index in [1.54, 1.807) is 12.1 Å². The van der Waals surface area contributed by atoms with Crippen LogP contribution in [0.15, 0.2) is 48.5 Å². The summed E-state index contributed by atoms with van der Waals surface area (Å²) in [6.45, 7) is 1.94. The van der Waals surface area contributed by atoms with Crippen molar-refractivity contribution in [2.24, 2.45) is 0 Å². The molecule has 1 atom stereocenters. The molecule has 0 saturated carbocycles. The highest BCUT2D eigenvalue weighted by Crippen LogP contribution is 2.20. The van der Waals surface area contributed by atoms with Crippen molar-refractivity contribution in [2.45, 2.75) is 13.0 Å². The summed E-state index contributed by atoms with van der Waals surface area (Å²) in [6.07, 6.45) is 0. The molecule has 4 heteroatoms. The zero-order valence-electron chi connectivity index (χ0n) is 10.4. The number of nitrogens with one attached hydrogen (secondary N) is 1. The summed E-state index contributed by atoms with van der Waals surface area (Å²) in [4.78, 5) is 11.3. The van der Waals surface area contributed by atoms with E-state index in [1.807, 2.05) is 19.1 Å². The highest BCUT2D eigenvalue weighted by atomic mass is 19.1. The Morgan fingerprint density at radius 1 is 1.11 bits per heavy atom. The third kappa shape index (κ3) is 3.31. The second-order valence-corrected chi connectivity index (χ2v) is 4.33. The number of hydrogen-bond donors (Lipinski definition) is 2. The van der Waals surface area contributed by atoms with Gasteiger partial charge in [0.1, 0.15) is 5.82 Å². The molecule has 2 aromatic rings. The Morgan fingerprint density at radius 2 is 1.68 bits per heavy atom. The van der Waals surface area contributed by atoms with Crippen LogP contribution < -0.4 is 5.32 Å². The van der Waals surface area contributed by atoms with Gasteiger partial charge in [0.2, 0.25) is 0 Å². The molecule has 0 radical (unpaired) electrons. The molecule has 1 unspecified atom stereocenters. The maximum Gasteiger partial charge on any atom is 0.330 e. The number of carboxylic acid groups (broad SMARTS) is 1. The molecule has 0 aromatic heterocycles. The fraction of sp³-hybridized carbons (Fsp3) is 0.133. The maximum atomic E-state index is 12.8. The van der Waals surface area contributed by atoms with E-state index in [-0.39, 0.29) is 5.82 Å². The SMILES string of the molecule is Cc1ccc(C(Nc2ccc(F)cc2)C(=O)O)cc1. The average molecular weight is 259 g/mol. The van der Waals surface area contributed by atoms with Crippen molar-refractivity contribution in [1.82, 2.24) is 0 Å². The van der Waals surface area contributed by atoms with Gasteiger partial charge in [0.15, 0.2) is 6.04 Å². The molecular formula is C15H14FNO2. The Morgan fingerprint density at radius 3 is 2.21 bits per heavy atom. The van der Waals surface area contributed by atoms with Crippen LogP contribution >= 0.6 is 0 Å². The fourth-order valence-corrected chi connectivity index (χ4v) is 1.76. The predicted molar refractivity (Wildman–Crippen MR) is 71.6 cm³/mol. The number of carbonyl (C=O) groups is 1. The minimum atomic E-state index is -0.979. The number of hydrogen-bond acceptors (Lipinski definition) is 2. The molecule has 0 aliphatic heterocycles. The molecule has 0 saturated heterocycles. The lowest BCUT2D eigenvalue weighted by Gasteiger charge is -2.16. The van der Waals surface area contributed by atoms with Gasteiger partial charge in [-0.3, -0.25) is 0 Å². The standard InChI is InChI=1S/C15H14FNO2/c1-10-2-4-11(5-3-10)14(15(18)19)17-13-8-6-12(16)7-9-13/h2-9,14,17H,1H3,(H,18,19). The summed E-state index contributed by atoms with van der Waals surface area (Å²) < 4.78 is 12.8. The summed E-state index contributed by atoms with van der Waals surface area (Å²) in [5.41, 5.74) is 2.28. The first-order valence-electron chi connectivity index (χ1n) is 5.88. The second kappa shape index (κ2) is 5.52. The first-order chi connectivity index (χ1) is 9.06. The van der Waals surface area contributed by atoms with Gasteiger partial charge in [0.25, 0.3) is 0 Å². The first kappa shape index (κ1) is 13.1. The van der Waals surface area contributed by atoms with Crippen LogP contribution in [0.3, 0.4) is 0 Å². The Balaban J connectivity index is 2.23. The average Bonchev–Trinajstić information content (AvgIpc) is 2.39. The highest BCUT2D eigenvalue weighted by Gasteiger charge is 2.19. The zero-order valence-corrected chi connectivity index (χ0v) is 10.4. The van der Waals surface area contributed by atoms with Crippen LogP contribution in [0.5, 0.6) is 0 Å². The second-order valence-electron chi connectivity index (χ2n) is 4.33. The normalized spacial score (nSPS) is 11.9. The Bertz CT molecular complexity index is 564.